The van der Waals surface area contributed by atoms with Gasteiger partial charge in [0.2, 0.25) is 0 Å². The average molecular weight is 262 g/mol. The van der Waals surface area contributed by atoms with Crippen LogP contribution in [-0.4, -0.2) is 36.5 Å². The standard InChI is InChI=1S/C5H12O8P2/c1-5(11-4-6,12-14(7)9-2)13-15(8)10-3/h4,7-8H,1-3H3. The van der Waals surface area contributed by atoms with Crippen LogP contribution in [0.25, 0.3) is 0 Å². The normalized spacial score (nSPS) is 19.0. The lowest BCUT2D eigenvalue weighted by Gasteiger charge is -2.28. The maximum Gasteiger partial charge on any atom is 0.339 e. The third-order valence-electron chi connectivity index (χ3n) is 1.06. The molecule has 0 aromatic rings. The summed E-state index contributed by atoms with van der Waals surface area (Å²) in [6, 6.07) is 0. The third-order valence-corrected chi connectivity index (χ3v) is 2.66. The molecule has 0 radical (unpaired) electrons. The summed E-state index contributed by atoms with van der Waals surface area (Å²) in [5, 5.41) is 0. The number of hydrogen-bond donors (Lipinski definition) is 2. The highest BCUT2D eigenvalue weighted by atomic mass is 31.2. The van der Waals surface area contributed by atoms with Gasteiger partial charge in [-0.05, 0) is 0 Å². The fraction of sp³-hybridized carbons (Fsp3) is 0.800. The molecule has 0 bridgehead atoms. The molecule has 0 aliphatic heterocycles. The Hall–Kier alpha value is 0.0900. The second-order valence-electron chi connectivity index (χ2n) is 2.10. The van der Waals surface area contributed by atoms with Gasteiger partial charge in [0.25, 0.3) is 6.47 Å². The zero-order chi connectivity index (χ0) is 11.9. The van der Waals surface area contributed by atoms with Crippen molar-refractivity contribution in [3.63, 3.8) is 0 Å². The van der Waals surface area contributed by atoms with Crippen molar-refractivity contribution in [1.29, 1.82) is 0 Å². The number of carbonyl (C=O) groups is 1. The smallest absolute Gasteiger partial charge is 0.339 e. The quantitative estimate of drug-likeness (QED) is 0.372. The van der Waals surface area contributed by atoms with Gasteiger partial charge in [0, 0.05) is 21.1 Å². The molecule has 8 nitrogen and oxygen atoms in total. The van der Waals surface area contributed by atoms with Crippen LogP contribution in [0.5, 0.6) is 0 Å². The SMILES string of the molecule is COP(O)OC(C)(OC=O)OP(O)OC. The summed E-state index contributed by atoms with van der Waals surface area (Å²) in [5.41, 5.74) is 0. The molecule has 0 fully saturated rings. The van der Waals surface area contributed by atoms with Gasteiger partial charge in [0.1, 0.15) is 0 Å². The van der Waals surface area contributed by atoms with E-state index in [1.165, 1.54) is 14.2 Å². The Morgan fingerprint density at radius 1 is 1.13 bits per heavy atom. The molecular weight excluding hydrogens is 250 g/mol. The van der Waals surface area contributed by atoms with E-state index in [0.717, 1.165) is 6.92 Å². The highest BCUT2D eigenvalue weighted by molar-refractivity contribution is 7.41. The maximum atomic E-state index is 10.1. The topological polar surface area (TPSA) is 104 Å². The summed E-state index contributed by atoms with van der Waals surface area (Å²) in [5.74, 6) is -1.96. The van der Waals surface area contributed by atoms with Gasteiger partial charge in [0.15, 0.2) is 0 Å². The van der Waals surface area contributed by atoms with Crippen LogP contribution >= 0.6 is 17.2 Å². The van der Waals surface area contributed by atoms with Gasteiger partial charge < -0.3 is 23.6 Å². The summed E-state index contributed by atoms with van der Waals surface area (Å²) >= 11 is 0. The van der Waals surface area contributed by atoms with E-state index in [1.807, 2.05) is 0 Å². The Balaban J connectivity index is 4.36. The molecule has 0 heterocycles. The van der Waals surface area contributed by atoms with Gasteiger partial charge in [-0.2, -0.15) is 0 Å². The monoisotopic (exact) mass is 262 g/mol. The van der Waals surface area contributed by atoms with E-state index < -0.39 is 23.2 Å². The molecule has 15 heavy (non-hydrogen) atoms. The second kappa shape index (κ2) is 7.38. The van der Waals surface area contributed by atoms with Crippen LogP contribution in [0.2, 0.25) is 0 Å². The van der Waals surface area contributed by atoms with Crippen LogP contribution in [0.3, 0.4) is 0 Å². The summed E-state index contributed by atoms with van der Waals surface area (Å²) in [6.07, 6.45) is 0. The van der Waals surface area contributed by atoms with E-state index in [1.54, 1.807) is 0 Å². The Kier molecular flexibility index (Phi) is 7.42. The van der Waals surface area contributed by atoms with Crippen molar-refractivity contribution in [3.8, 4) is 0 Å². The lowest BCUT2D eigenvalue weighted by Crippen LogP contribution is -2.32. The van der Waals surface area contributed by atoms with E-state index in [4.69, 9.17) is 18.8 Å². The second-order valence-corrected chi connectivity index (χ2v) is 4.15. The van der Waals surface area contributed by atoms with E-state index >= 15 is 0 Å². The largest absolute Gasteiger partial charge is 0.410 e. The lowest BCUT2D eigenvalue weighted by molar-refractivity contribution is -0.271. The van der Waals surface area contributed by atoms with Crippen molar-refractivity contribution in [2.45, 2.75) is 12.9 Å². The Labute approximate surface area is 89.0 Å². The van der Waals surface area contributed by atoms with E-state index in [0.29, 0.717) is 0 Å². The zero-order valence-electron chi connectivity index (χ0n) is 8.32. The molecule has 2 atom stereocenters. The van der Waals surface area contributed by atoms with Crippen LogP contribution in [0, 0.1) is 0 Å². The Bertz CT molecular complexity index is 178. The Morgan fingerprint density at radius 3 is 1.80 bits per heavy atom. The molecule has 2 N–H and O–H groups in total. The molecule has 0 saturated carbocycles. The first-order valence-corrected chi connectivity index (χ1v) is 5.79. The van der Waals surface area contributed by atoms with Crippen LogP contribution in [0.1, 0.15) is 6.92 Å². The van der Waals surface area contributed by atoms with Crippen molar-refractivity contribution < 1.29 is 37.4 Å². The van der Waals surface area contributed by atoms with E-state index in [9.17, 15) is 4.79 Å². The first-order valence-electron chi connectivity index (χ1n) is 3.53. The minimum atomic E-state index is -2.28. The minimum Gasteiger partial charge on any atom is -0.410 e. The molecule has 0 rings (SSSR count). The van der Waals surface area contributed by atoms with E-state index in [2.05, 4.69) is 13.8 Å². The van der Waals surface area contributed by atoms with Gasteiger partial charge in [-0.25, -0.2) is 9.05 Å². The maximum absolute atomic E-state index is 10.1. The summed E-state index contributed by atoms with van der Waals surface area (Å²) in [6.45, 7) is 1.20. The first-order chi connectivity index (χ1) is 6.97. The number of ether oxygens (including phenoxy) is 1. The molecule has 0 aliphatic rings. The molecule has 0 aliphatic carbocycles. The predicted octanol–water partition coefficient (Wildman–Crippen LogP) is 0.597. The van der Waals surface area contributed by atoms with Crippen LogP contribution in [-0.2, 0) is 27.6 Å². The summed E-state index contributed by atoms with van der Waals surface area (Å²) in [4.78, 5) is 28.2. The van der Waals surface area contributed by atoms with Crippen LogP contribution in [0.4, 0.5) is 0 Å². The molecule has 0 spiro atoms. The Morgan fingerprint density at radius 2 is 1.53 bits per heavy atom. The molecule has 0 amide bonds. The number of hydrogen-bond acceptors (Lipinski definition) is 8. The van der Waals surface area contributed by atoms with Gasteiger partial charge in [0.05, 0.1) is 0 Å². The lowest BCUT2D eigenvalue weighted by atomic mass is 10.7. The number of rotatable bonds is 8. The zero-order valence-corrected chi connectivity index (χ0v) is 10.1. The van der Waals surface area contributed by atoms with Crippen molar-refractivity contribution in [2.75, 3.05) is 14.2 Å². The molecule has 10 heteroatoms. The molecule has 0 saturated heterocycles. The van der Waals surface area contributed by atoms with Crippen molar-refractivity contribution in [3.05, 3.63) is 0 Å². The van der Waals surface area contributed by atoms with Gasteiger partial charge >= 0.3 is 23.2 Å². The fourth-order valence-electron chi connectivity index (χ4n) is 0.505. The molecule has 0 aromatic heterocycles. The predicted molar refractivity (Wildman–Crippen MR) is 50.0 cm³/mol. The first kappa shape index (κ1) is 15.1. The molecule has 90 valence electrons. The fourth-order valence-corrected chi connectivity index (χ4v) is 1.44. The van der Waals surface area contributed by atoms with Gasteiger partial charge in [-0.1, -0.05) is 0 Å². The van der Waals surface area contributed by atoms with E-state index in [-0.39, 0.29) is 6.47 Å². The van der Waals surface area contributed by atoms with Crippen LogP contribution < -0.4 is 0 Å². The average Bonchev–Trinajstić information content (AvgIpc) is 2.17. The minimum absolute atomic E-state index is 0.0394. The van der Waals surface area contributed by atoms with Crippen molar-refractivity contribution >= 4 is 23.7 Å². The highest BCUT2D eigenvalue weighted by Gasteiger charge is 2.36. The highest BCUT2D eigenvalue weighted by Crippen LogP contribution is 2.45. The molecular formula is C5H12O8P2. The van der Waals surface area contributed by atoms with Crippen molar-refractivity contribution in [1.82, 2.24) is 0 Å². The van der Waals surface area contributed by atoms with Gasteiger partial charge in [-0.15, -0.1) is 0 Å². The van der Waals surface area contributed by atoms with Gasteiger partial charge in [-0.3, -0.25) is 4.79 Å². The molecule has 0 aromatic carbocycles. The molecule has 2 unspecified atom stereocenters. The summed E-state index contributed by atoms with van der Waals surface area (Å²) in [7, 11) is -2.19. The number of carbonyl (C=O) groups excluding carboxylic acids is 1. The van der Waals surface area contributed by atoms with Crippen molar-refractivity contribution in [2.24, 2.45) is 0 Å². The van der Waals surface area contributed by atoms with Crippen LogP contribution in [0.15, 0.2) is 0 Å². The summed E-state index contributed by atoms with van der Waals surface area (Å²) < 4.78 is 22.6. The third kappa shape index (κ3) is 6.29.